The van der Waals surface area contributed by atoms with E-state index >= 15 is 0 Å². The van der Waals surface area contributed by atoms with Crippen molar-refractivity contribution in [2.75, 3.05) is 5.32 Å². The lowest BCUT2D eigenvalue weighted by Gasteiger charge is -2.16. The molecule has 0 aliphatic carbocycles. The van der Waals surface area contributed by atoms with Crippen molar-refractivity contribution in [3.05, 3.63) is 75.0 Å². The van der Waals surface area contributed by atoms with Crippen LogP contribution in [-0.2, 0) is 24.3 Å². The molecule has 2 aromatic carbocycles. The standard InChI is InChI=1S/C24H23N5O5/c30-22(5-3-13-28-20-11-10-18(29(32)33)14-21(20)34-24(28)31)26-17-8-6-16(7-9-17)23-25-15-19-4-1-2-12-27(19)23/h6-11,14-15H,1-5,12-13H2,(H,26,30). The molecular formula is C24H23N5O5. The van der Waals surface area contributed by atoms with Crippen LogP contribution in [0.25, 0.3) is 22.5 Å². The molecule has 1 amide bonds. The van der Waals surface area contributed by atoms with Crippen molar-refractivity contribution in [3.8, 4) is 11.4 Å². The molecule has 5 rings (SSSR count). The topological polar surface area (TPSA) is 125 Å². The van der Waals surface area contributed by atoms with Crippen molar-refractivity contribution in [2.45, 2.75) is 45.2 Å². The van der Waals surface area contributed by atoms with E-state index in [1.807, 2.05) is 30.5 Å². The fourth-order valence-electron chi connectivity index (χ4n) is 4.37. The highest BCUT2D eigenvalue weighted by molar-refractivity contribution is 5.90. The van der Waals surface area contributed by atoms with Gasteiger partial charge in [-0.05, 0) is 56.0 Å². The van der Waals surface area contributed by atoms with Gasteiger partial charge in [0.25, 0.3) is 5.69 Å². The van der Waals surface area contributed by atoms with Gasteiger partial charge >= 0.3 is 5.76 Å². The van der Waals surface area contributed by atoms with Gasteiger partial charge in [-0.3, -0.25) is 19.5 Å². The largest absolute Gasteiger partial charge is 0.419 e. The lowest BCUT2D eigenvalue weighted by atomic mass is 10.1. The summed E-state index contributed by atoms with van der Waals surface area (Å²) in [6, 6.07) is 11.7. The first-order valence-corrected chi connectivity index (χ1v) is 11.2. The molecule has 0 saturated carbocycles. The maximum Gasteiger partial charge on any atom is 0.419 e. The first-order valence-electron chi connectivity index (χ1n) is 11.2. The molecule has 0 bridgehead atoms. The number of oxazole rings is 1. The molecule has 1 aliphatic rings. The Morgan fingerprint density at radius 2 is 2.00 bits per heavy atom. The number of hydrogen-bond acceptors (Lipinski definition) is 6. The van der Waals surface area contributed by atoms with E-state index in [-0.39, 0.29) is 30.1 Å². The molecule has 2 aromatic heterocycles. The van der Waals surface area contributed by atoms with Crippen LogP contribution >= 0.6 is 0 Å². The molecule has 10 nitrogen and oxygen atoms in total. The van der Waals surface area contributed by atoms with E-state index in [0.29, 0.717) is 17.6 Å². The Bertz CT molecular complexity index is 1430. The van der Waals surface area contributed by atoms with E-state index in [0.717, 1.165) is 30.8 Å². The number of anilines is 1. The van der Waals surface area contributed by atoms with E-state index in [1.165, 1.54) is 34.9 Å². The number of hydrogen-bond donors (Lipinski definition) is 1. The molecule has 0 spiro atoms. The van der Waals surface area contributed by atoms with Gasteiger partial charge in [0.1, 0.15) is 5.82 Å². The van der Waals surface area contributed by atoms with Gasteiger partial charge in [0.2, 0.25) is 5.91 Å². The van der Waals surface area contributed by atoms with Gasteiger partial charge in [0, 0.05) is 48.7 Å². The first kappa shape index (κ1) is 21.6. The minimum absolute atomic E-state index is 0.147. The molecule has 10 heteroatoms. The zero-order valence-electron chi connectivity index (χ0n) is 18.4. The third kappa shape index (κ3) is 4.21. The van der Waals surface area contributed by atoms with Crippen LogP contribution in [0.1, 0.15) is 31.4 Å². The number of nitro benzene ring substituents is 1. The van der Waals surface area contributed by atoms with Gasteiger partial charge in [0.15, 0.2) is 5.58 Å². The summed E-state index contributed by atoms with van der Waals surface area (Å²) in [4.78, 5) is 39.5. The number of carbonyl (C=O) groups is 1. The number of nitro groups is 1. The normalized spacial score (nSPS) is 13.1. The number of aryl methyl sites for hydroxylation is 2. The number of nitrogens with zero attached hydrogens (tertiary/aromatic N) is 4. The van der Waals surface area contributed by atoms with Crippen molar-refractivity contribution in [1.29, 1.82) is 0 Å². The number of carbonyl (C=O) groups excluding carboxylic acids is 1. The average molecular weight is 461 g/mol. The molecule has 0 atom stereocenters. The summed E-state index contributed by atoms with van der Waals surface area (Å²) >= 11 is 0. The predicted molar refractivity (Wildman–Crippen MR) is 126 cm³/mol. The van der Waals surface area contributed by atoms with E-state index in [4.69, 9.17) is 4.42 Å². The number of benzene rings is 2. The zero-order chi connectivity index (χ0) is 23.7. The SMILES string of the molecule is O=C(CCCn1c(=O)oc2cc([N+](=O)[O-])ccc21)Nc1ccc(-c2ncc3n2CCCC3)cc1. The Kier molecular flexibility index (Phi) is 5.70. The molecule has 3 heterocycles. The molecule has 0 unspecified atom stereocenters. The number of rotatable bonds is 7. The summed E-state index contributed by atoms with van der Waals surface area (Å²) < 4.78 is 8.76. The number of aromatic nitrogens is 3. The van der Waals surface area contributed by atoms with Gasteiger partial charge in [-0.1, -0.05) is 0 Å². The van der Waals surface area contributed by atoms with Gasteiger partial charge in [-0.25, -0.2) is 9.78 Å². The highest BCUT2D eigenvalue weighted by Crippen LogP contribution is 2.26. The van der Waals surface area contributed by atoms with Crippen LogP contribution in [0.5, 0.6) is 0 Å². The number of fused-ring (bicyclic) bond motifs is 2. The fourth-order valence-corrected chi connectivity index (χ4v) is 4.37. The summed E-state index contributed by atoms with van der Waals surface area (Å²) in [6.07, 6.45) is 5.98. The second-order valence-corrected chi connectivity index (χ2v) is 8.34. The molecule has 34 heavy (non-hydrogen) atoms. The van der Waals surface area contributed by atoms with Crippen LogP contribution in [0.4, 0.5) is 11.4 Å². The number of nitrogens with one attached hydrogen (secondary N) is 1. The van der Waals surface area contributed by atoms with Crippen molar-refractivity contribution in [2.24, 2.45) is 0 Å². The van der Waals surface area contributed by atoms with E-state index in [9.17, 15) is 19.7 Å². The smallest absolute Gasteiger partial charge is 0.407 e. The first-order chi connectivity index (χ1) is 16.5. The van der Waals surface area contributed by atoms with Crippen molar-refractivity contribution in [1.82, 2.24) is 14.1 Å². The molecule has 174 valence electrons. The van der Waals surface area contributed by atoms with E-state index < -0.39 is 10.7 Å². The number of imidazole rings is 1. The average Bonchev–Trinajstić information content (AvgIpc) is 3.40. The van der Waals surface area contributed by atoms with Crippen LogP contribution in [0.3, 0.4) is 0 Å². The zero-order valence-corrected chi connectivity index (χ0v) is 18.4. The summed E-state index contributed by atoms with van der Waals surface area (Å²) in [5.41, 5.74) is 3.44. The maximum absolute atomic E-state index is 12.4. The molecule has 1 aliphatic heterocycles. The number of amides is 1. The Balaban J connectivity index is 1.19. The number of non-ortho nitro benzene ring substituents is 1. The summed E-state index contributed by atoms with van der Waals surface area (Å²) in [7, 11) is 0. The minimum Gasteiger partial charge on any atom is -0.407 e. The highest BCUT2D eigenvalue weighted by Gasteiger charge is 2.16. The van der Waals surface area contributed by atoms with Crippen LogP contribution in [0, 0.1) is 10.1 Å². The van der Waals surface area contributed by atoms with Crippen molar-refractivity contribution in [3.63, 3.8) is 0 Å². The second kappa shape index (κ2) is 8.97. The van der Waals surface area contributed by atoms with Crippen LogP contribution in [0.15, 0.2) is 57.9 Å². The fraction of sp³-hybridized carbons (Fsp3) is 0.292. The van der Waals surface area contributed by atoms with Crippen LogP contribution in [-0.4, -0.2) is 24.9 Å². The summed E-state index contributed by atoms with van der Waals surface area (Å²) in [5.74, 6) is 0.186. The molecule has 1 N–H and O–H groups in total. The summed E-state index contributed by atoms with van der Waals surface area (Å²) in [5, 5.41) is 13.8. The Morgan fingerprint density at radius 3 is 2.79 bits per heavy atom. The molecule has 4 aromatic rings. The van der Waals surface area contributed by atoms with E-state index in [1.54, 1.807) is 0 Å². The maximum atomic E-state index is 12.4. The lowest BCUT2D eigenvalue weighted by molar-refractivity contribution is -0.384. The Morgan fingerprint density at radius 1 is 1.18 bits per heavy atom. The van der Waals surface area contributed by atoms with Crippen LogP contribution in [0.2, 0.25) is 0 Å². The monoisotopic (exact) mass is 461 g/mol. The Labute approximate surface area is 194 Å². The molecule has 0 radical (unpaired) electrons. The lowest BCUT2D eigenvalue weighted by Crippen LogP contribution is -2.17. The highest BCUT2D eigenvalue weighted by atomic mass is 16.6. The van der Waals surface area contributed by atoms with Crippen molar-refractivity contribution >= 4 is 28.4 Å². The molecule has 0 fully saturated rings. The third-order valence-corrected chi connectivity index (χ3v) is 6.08. The quantitative estimate of drug-likeness (QED) is 0.326. The third-order valence-electron chi connectivity index (χ3n) is 6.08. The second-order valence-electron chi connectivity index (χ2n) is 8.34. The van der Waals surface area contributed by atoms with Gasteiger partial charge in [-0.2, -0.15) is 0 Å². The van der Waals surface area contributed by atoms with Crippen molar-refractivity contribution < 1.29 is 14.1 Å². The minimum atomic E-state index is -0.604. The van der Waals surface area contributed by atoms with E-state index in [2.05, 4.69) is 14.9 Å². The molecular weight excluding hydrogens is 438 g/mol. The van der Waals surface area contributed by atoms with Gasteiger partial charge in [-0.15, -0.1) is 0 Å². The summed E-state index contributed by atoms with van der Waals surface area (Å²) in [6.45, 7) is 1.25. The van der Waals surface area contributed by atoms with Gasteiger partial charge < -0.3 is 14.3 Å². The Hall–Kier alpha value is -4.21. The van der Waals surface area contributed by atoms with Gasteiger partial charge in [0.05, 0.1) is 16.5 Å². The van der Waals surface area contributed by atoms with Crippen LogP contribution < -0.4 is 11.1 Å². The molecule has 0 saturated heterocycles. The predicted octanol–water partition coefficient (Wildman–Crippen LogP) is 4.12.